The molecule has 1 aromatic heterocycles. The molecule has 0 spiro atoms. The number of pyridine rings is 1. The predicted molar refractivity (Wildman–Crippen MR) is 62.1 cm³/mol. The Morgan fingerprint density at radius 1 is 1.00 bits per heavy atom. The van der Waals surface area contributed by atoms with Crippen LogP contribution < -0.4 is 0 Å². The number of benzene rings is 1. The van der Waals surface area contributed by atoms with E-state index < -0.39 is 0 Å². The van der Waals surface area contributed by atoms with E-state index in [1.54, 1.807) is 0 Å². The third-order valence-electron chi connectivity index (χ3n) is 2.09. The van der Waals surface area contributed by atoms with Gasteiger partial charge in [0.1, 0.15) is 0 Å². The molecular weight excluding hydrogens is 238 g/mol. The summed E-state index contributed by atoms with van der Waals surface area (Å²) >= 11 is 3.44. The number of aromatic nitrogens is 1. The topological polar surface area (TPSA) is 12.9 Å². The van der Waals surface area contributed by atoms with Crippen LogP contribution in [0.4, 0.5) is 0 Å². The number of hydrogen-bond donors (Lipinski definition) is 0. The van der Waals surface area contributed by atoms with E-state index in [2.05, 4.69) is 33.0 Å². The van der Waals surface area contributed by atoms with Crippen LogP contribution in [-0.2, 0) is 0 Å². The fourth-order valence-electron chi connectivity index (χ4n) is 1.31. The molecule has 1 aromatic carbocycles. The highest BCUT2D eigenvalue weighted by Crippen LogP contribution is 2.20. The molecule has 14 heavy (non-hydrogen) atoms. The summed E-state index contributed by atoms with van der Waals surface area (Å²) in [5, 5.41) is 0. The van der Waals surface area contributed by atoms with Gasteiger partial charge >= 0.3 is 0 Å². The Kier molecular flexibility index (Phi) is 2.64. The maximum atomic E-state index is 4.50. The lowest BCUT2D eigenvalue weighted by atomic mass is 10.1. The maximum Gasteiger partial charge on any atom is 0.0706 e. The van der Waals surface area contributed by atoms with Crippen LogP contribution in [-0.4, -0.2) is 4.98 Å². The number of hydrogen-bond acceptors (Lipinski definition) is 1. The average Bonchev–Trinajstić information content (AvgIpc) is 2.23. The molecule has 1 nitrogen and oxygen atoms in total. The Morgan fingerprint density at radius 3 is 2.36 bits per heavy atom. The first-order chi connectivity index (χ1) is 6.77. The van der Waals surface area contributed by atoms with Crippen molar-refractivity contribution in [2.45, 2.75) is 6.92 Å². The first kappa shape index (κ1) is 9.41. The molecule has 0 N–H and O–H groups in total. The highest BCUT2D eigenvalue weighted by molar-refractivity contribution is 9.10. The highest BCUT2D eigenvalue weighted by Gasteiger charge is 2.00. The first-order valence-electron chi connectivity index (χ1n) is 4.46. The Morgan fingerprint density at radius 2 is 1.71 bits per heavy atom. The zero-order valence-corrected chi connectivity index (χ0v) is 9.45. The van der Waals surface area contributed by atoms with E-state index >= 15 is 0 Å². The summed E-state index contributed by atoms with van der Waals surface area (Å²) in [4.78, 5) is 4.50. The first-order valence-corrected chi connectivity index (χ1v) is 5.25. The third kappa shape index (κ3) is 1.85. The molecule has 1 heterocycles. The van der Waals surface area contributed by atoms with Crippen LogP contribution in [0.5, 0.6) is 0 Å². The lowest BCUT2D eigenvalue weighted by Crippen LogP contribution is -1.87. The molecule has 2 heteroatoms. The van der Waals surface area contributed by atoms with Crippen LogP contribution >= 0.6 is 15.9 Å². The van der Waals surface area contributed by atoms with E-state index in [0.717, 1.165) is 21.4 Å². The quantitative estimate of drug-likeness (QED) is 0.747. The SMILES string of the molecule is Cc1nc(-c2ccccc2)ccc1Br. The van der Waals surface area contributed by atoms with Crippen LogP contribution in [0, 0.1) is 6.92 Å². The summed E-state index contributed by atoms with van der Waals surface area (Å²) in [6, 6.07) is 14.2. The van der Waals surface area contributed by atoms with Gasteiger partial charge in [-0.3, -0.25) is 4.98 Å². The molecule has 0 bridgehead atoms. The molecule has 0 radical (unpaired) electrons. The van der Waals surface area contributed by atoms with Crippen LogP contribution in [0.15, 0.2) is 46.9 Å². The zero-order chi connectivity index (χ0) is 9.97. The summed E-state index contributed by atoms with van der Waals surface area (Å²) in [6.07, 6.45) is 0. The second-order valence-electron chi connectivity index (χ2n) is 3.13. The molecule has 0 amide bonds. The van der Waals surface area contributed by atoms with Gasteiger partial charge in [0.25, 0.3) is 0 Å². The average molecular weight is 248 g/mol. The van der Waals surface area contributed by atoms with Crippen LogP contribution in [0.1, 0.15) is 5.69 Å². The van der Waals surface area contributed by atoms with Crippen molar-refractivity contribution in [2.24, 2.45) is 0 Å². The van der Waals surface area contributed by atoms with Gasteiger partial charge < -0.3 is 0 Å². The second kappa shape index (κ2) is 3.93. The predicted octanol–water partition coefficient (Wildman–Crippen LogP) is 3.82. The summed E-state index contributed by atoms with van der Waals surface area (Å²) < 4.78 is 1.05. The van der Waals surface area contributed by atoms with Crippen molar-refractivity contribution >= 4 is 15.9 Å². The standard InChI is InChI=1S/C12H10BrN/c1-9-11(13)7-8-12(14-9)10-5-3-2-4-6-10/h2-8H,1H3. The molecule has 0 atom stereocenters. The van der Waals surface area contributed by atoms with E-state index in [-0.39, 0.29) is 0 Å². The van der Waals surface area contributed by atoms with Gasteiger partial charge in [-0.25, -0.2) is 0 Å². The molecule has 2 aromatic rings. The number of nitrogens with zero attached hydrogens (tertiary/aromatic N) is 1. The monoisotopic (exact) mass is 247 g/mol. The van der Waals surface area contributed by atoms with Crippen molar-refractivity contribution in [1.82, 2.24) is 4.98 Å². The van der Waals surface area contributed by atoms with Crippen molar-refractivity contribution in [2.75, 3.05) is 0 Å². The highest BCUT2D eigenvalue weighted by atomic mass is 79.9. The van der Waals surface area contributed by atoms with Crippen LogP contribution in [0.25, 0.3) is 11.3 Å². The van der Waals surface area contributed by atoms with E-state index in [9.17, 15) is 0 Å². The Bertz CT molecular complexity index is 437. The Labute approximate surface area is 91.9 Å². The van der Waals surface area contributed by atoms with Gasteiger partial charge in [-0.2, -0.15) is 0 Å². The normalized spacial score (nSPS) is 10.1. The van der Waals surface area contributed by atoms with Gasteiger partial charge in [-0.1, -0.05) is 30.3 Å². The smallest absolute Gasteiger partial charge is 0.0706 e. The summed E-state index contributed by atoms with van der Waals surface area (Å²) in [7, 11) is 0. The summed E-state index contributed by atoms with van der Waals surface area (Å²) in [6.45, 7) is 2.00. The molecular formula is C12H10BrN. The van der Waals surface area contributed by atoms with Gasteiger partial charge in [0, 0.05) is 10.0 Å². The Hall–Kier alpha value is -1.15. The van der Waals surface area contributed by atoms with Crippen molar-refractivity contribution in [1.29, 1.82) is 0 Å². The fraction of sp³-hybridized carbons (Fsp3) is 0.0833. The molecule has 0 aliphatic rings. The Balaban J connectivity index is 2.48. The number of rotatable bonds is 1. The largest absolute Gasteiger partial charge is 0.252 e. The lowest BCUT2D eigenvalue weighted by molar-refractivity contribution is 1.18. The van der Waals surface area contributed by atoms with E-state index in [4.69, 9.17) is 0 Å². The number of aryl methyl sites for hydroxylation is 1. The molecule has 0 unspecified atom stereocenters. The molecule has 0 saturated heterocycles. The zero-order valence-electron chi connectivity index (χ0n) is 7.87. The van der Waals surface area contributed by atoms with Crippen molar-refractivity contribution in [3.8, 4) is 11.3 Å². The van der Waals surface area contributed by atoms with Gasteiger partial charge in [0.05, 0.1) is 11.4 Å². The molecule has 0 saturated carbocycles. The van der Waals surface area contributed by atoms with Gasteiger partial charge in [-0.15, -0.1) is 0 Å². The minimum atomic E-state index is 1.02. The third-order valence-corrected chi connectivity index (χ3v) is 2.93. The summed E-state index contributed by atoms with van der Waals surface area (Å²) in [5.74, 6) is 0. The van der Waals surface area contributed by atoms with E-state index in [1.165, 1.54) is 0 Å². The van der Waals surface area contributed by atoms with Gasteiger partial charge in [0.2, 0.25) is 0 Å². The van der Waals surface area contributed by atoms with E-state index in [0.29, 0.717) is 0 Å². The number of halogens is 1. The van der Waals surface area contributed by atoms with Gasteiger partial charge in [-0.05, 0) is 35.0 Å². The van der Waals surface area contributed by atoms with Crippen molar-refractivity contribution in [3.05, 3.63) is 52.6 Å². The molecule has 0 fully saturated rings. The van der Waals surface area contributed by atoms with E-state index in [1.807, 2.05) is 37.3 Å². The minimum absolute atomic E-state index is 1.02. The van der Waals surface area contributed by atoms with Crippen LogP contribution in [0.2, 0.25) is 0 Å². The molecule has 0 aliphatic heterocycles. The van der Waals surface area contributed by atoms with Crippen molar-refractivity contribution in [3.63, 3.8) is 0 Å². The van der Waals surface area contributed by atoms with Crippen molar-refractivity contribution < 1.29 is 0 Å². The molecule has 70 valence electrons. The second-order valence-corrected chi connectivity index (χ2v) is 3.98. The van der Waals surface area contributed by atoms with Crippen LogP contribution in [0.3, 0.4) is 0 Å². The molecule has 2 rings (SSSR count). The maximum absolute atomic E-state index is 4.50. The summed E-state index contributed by atoms with van der Waals surface area (Å²) in [5.41, 5.74) is 3.20. The fourth-order valence-corrected chi connectivity index (χ4v) is 1.53. The lowest BCUT2D eigenvalue weighted by Gasteiger charge is -2.02. The minimum Gasteiger partial charge on any atom is -0.252 e. The molecule has 0 aliphatic carbocycles. The van der Waals surface area contributed by atoms with Gasteiger partial charge in [0.15, 0.2) is 0 Å².